The van der Waals surface area contributed by atoms with Gasteiger partial charge in [0.1, 0.15) is 0 Å². The minimum absolute atomic E-state index is 0.124. The third-order valence-electron chi connectivity index (χ3n) is 4.79. The highest BCUT2D eigenvalue weighted by Crippen LogP contribution is 2.34. The molecule has 126 valence electrons. The first-order valence-electron chi connectivity index (χ1n) is 8.61. The van der Waals surface area contributed by atoms with Crippen LogP contribution >= 0.6 is 11.3 Å². The van der Waals surface area contributed by atoms with Crippen LogP contribution in [-0.4, -0.2) is 48.1 Å². The van der Waals surface area contributed by atoms with Crippen molar-refractivity contribution >= 4 is 17.4 Å². The summed E-state index contributed by atoms with van der Waals surface area (Å²) in [4.78, 5) is 18.4. The Hall–Kier alpha value is -1.33. The van der Waals surface area contributed by atoms with Crippen molar-refractivity contribution in [3.05, 3.63) is 34.5 Å². The second-order valence-electron chi connectivity index (χ2n) is 6.82. The second kappa shape index (κ2) is 7.49. The van der Waals surface area contributed by atoms with Crippen molar-refractivity contribution in [1.82, 2.24) is 15.1 Å². The van der Waals surface area contributed by atoms with Crippen LogP contribution in [0, 0.1) is 0 Å². The molecule has 4 nitrogen and oxygen atoms in total. The van der Waals surface area contributed by atoms with E-state index >= 15 is 0 Å². The number of rotatable bonds is 4. The van der Waals surface area contributed by atoms with Gasteiger partial charge in [-0.1, -0.05) is 18.2 Å². The largest absolute Gasteiger partial charge is 0.335 e. The van der Waals surface area contributed by atoms with Gasteiger partial charge in [-0.3, -0.25) is 4.90 Å². The highest BCUT2D eigenvalue weighted by Gasteiger charge is 2.32. The molecule has 1 atom stereocenters. The van der Waals surface area contributed by atoms with E-state index in [1.165, 1.54) is 10.5 Å². The molecule has 2 aliphatic rings. The number of thiophene rings is 1. The van der Waals surface area contributed by atoms with Crippen LogP contribution in [0.2, 0.25) is 0 Å². The summed E-state index contributed by atoms with van der Waals surface area (Å²) in [7, 11) is 0. The fraction of sp³-hybridized carbons (Fsp3) is 0.611. The van der Waals surface area contributed by atoms with Gasteiger partial charge in [-0.2, -0.15) is 0 Å². The van der Waals surface area contributed by atoms with E-state index < -0.39 is 0 Å². The average Bonchev–Trinajstić information content (AvgIpc) is 3.19. The first-order valence-corrected chi connectivity index (χ1v) is 9.48. The minimum Gasteiger partial charge on any atom is -0.335 e. The number of likely N-dealkylation sites (tertiary alicyclic amines) is 2. The van der Waals surface area contributed by atoms with Crippen molar-refractivity contribution < 1.29 is 4.79 Å². The molecule has 3 heterocycles. The third-order valence-corrected chi connectivity index (χ3v) is 5.77. The molecule has 2 amide bonds. The maximum absolute atomic E-state index is 12.7. The Bertz CT molecular complexity index is 534. The number of nitrogens with zero attached hydrogens (tertiary/aromatic N) is 2. The van der Waals surface area contributed by atoms with E-state index in [9.17, 15) is 4.79 Å². The lowest BCUT2D eigenvalue weighted by atomic mass is 10.0. The topological polar surface area (TPSA) is 35.6 Å². The van der Waals surface area contributed by atoms with Crippen molar-refractivity contribution in [3.63, 3.8) is 0 Å². The van der Waals surface area contributed by atoms with Gasteiger partial charge in [-0.25, -0.2) is 4.79 Å². The fourth-order valence-corrected chi connectivity index (χ4v) is 4.53. The van der Waals surface area contributed by atoms with Crippen molar-refractivity contribution in [1.29, 1.82) is 0 Å². The van der Waals surface area contributed by atoms with E-state index in [4.69, 9.17) is 0 Å². The summed E-state index contributed by atoms with van der Waals surface area (Å²) in [6, 6.07) is 4.94. The summed E-state index contributed by atoms with van der Waals surface area (Å²) in [5.74, 6) is 0. The molecule has 2 fully saturated rings. The number of carbonyl (C=O) groups excluding carboxylic acids is 1. The quantitative estimate of drug-likeness (QED) is 0.854. The molecular weight excluding hydrogens is 306 g/mol. The fourth-order valence-electron chi connectivity index (χ4n) is 3.66. The summed E-state index contributed by atoms with van der Waals surface area (Å²) in [5, 5.41) is 5.37. The zero-order chi connectivity index (χ0) is 16.2. The second-order valence-corrected chi connectivity index (χ2v) is 7.80. The summed E-state index contributed by atoms with van der Waals surface area (Å²) >= 11 is 1.76. The lowest BCUT2D eigenvalue weighted by Gasteiger charge is -2.34. The van der Waals surface area contributed by atoms with Crippen LogP contribution in [0.25, 0.3) is 0 Å². The molecule has 0 spiro atoms. The number of amides is 2. The number of nitrogens with one attached hydrogen (secondary N) is 1. The molecule has 1 N–H and O–H groups in total. The van der Waals surface area contributed by atoms with Gasteiger partial charge in [0.25, 0.3) is 0 Å². The van der Waals surface area contributed by atoms with E-state index in [0.29, 0.717) is 6.04 Å². The minimum atomic E-state index is 0.124. The van der Waals surface area contributed by atoms with Gasteiger partial charge < -0.3 is 10.2 Å². The summed E-state index contributed by atoms with van der Waals surface area (Å²) in [5.41, 5.74) is 1.21. The zero-order valence-corrected chi connectivity index (χ0v) is 14.8. The van der Waals surface area contributed by atoms with Crippen molar-refractivity contribution in [2.75, 3.05) is 26.2 Å². The number of carbonyl (C=O) groups is 1. The lowest BCUT2D eigenvalue weighted by Crippen LogP contribution is -2.49. The van der Waals surface area contributed by atoms with Crippen molar-refractivity contribution in [3.8, 4) is 0 Å². The van der Waals surface area contributed by atoms with E-state index in [1.807, 2.05) is 4.90 Å². The van der Waals surface area contributed by atoms with Crippen LogP contribution in [0.1, 0.15) is 43.5 Å². The average molecular weight is 334 g/mol. The number of hydrogen-bond acceptors (Lipinski definition) is 3. The Morgan fingerprint density at radius 1 is 1.35 bits per heavy atom. The highest BCUT2D eigenvalue weighted by atomic mass is 32.1. The Balaban J connectivity index is 1.50. The molecule has 0 bridgehead atoms. The highest BCUT2D eigenvalue weighted by molar-refractivity contribution is 7.10. The van der Waals surface area contributed by atoms with Crippen LogP contribution in [0.3, 0.4) is 0 Å². The molecule has 1 aromatic heterocycles. The van der Waals surface area contributed by atoms with Crippen LogP contribution < -0.4 is 5.32 Å². The van der Waals surface area contributed by atoms with Gasteiger partial charge in [0.2, 0.25) is 0 Å². The molecule has 23 heavy (non-hydrogen) atoms. The number of hydrogen-bond donors (Lipinski definition) is 1. The predicted molar refractivity (Wildman–Crippen MR) is 95.8 cm³/mol. The van der Waals surface area contributed by atoms with Gasteiger partial charge in [0, 0.05) is 37.1 Å². The molecular formula is C18H27N3OS. The van der Waals surface area contributed by atoms with Gasteiger partial charge in [-0.05, 0) is 44.1 Å². The van der Waals surface area contributed by atoms with Crippen molar-refractivity contribution in [2.24, 2.45) is 0 Å². The molecule has 1 aromatic rings. The Kier molecular flexibility index (Phi) is 5.38. The Morgan fingerprint density at radius 2 is 2.13 bits per heavy atom. The van der Waals surface area contributed by atoms with Gasteiger partial charge >= 0.3 is 6.03 Å². The normalized spacial score (nSPS) is 23.2. The van der Waals surface area contributed by atoms with E-state index in [-0.39, 0.29) is 12.1 Å². The Labute approximate surface area is 143 Å². The van der Waals surface area contributed by atoms with Gasteiger partial charge in [0.15, 0.2) is 0 Å². The molecule has 0 aromatic carbocycles. The first-order chi connectivity index (χ1) is 11.1. The summed E-state index contributed by atoms with van der Waals surface area (Å²) < 4.78 is 0. The molecule has 5 heteroatoms. The molecule has 0 radical (unpaired) electrons. The first kappa shape index (κ1) is 16.5. The zero-order valence-electron chi connectivity index (χ0n) is 14.0. The van der Waals surface area contributed by atoms with Gasteiger partial charge in [-0.15, -0.1) is 11.3 Å². The van der Waals surface area contributed by atoms with Crippen LogP contribution in [0.4, 0.5) is 4.79 Å². The predicted octanol–water partition coefficient (Wildman–Crippen LogP) is 3.64. The number of urea groups is 1. The van der Waals surface area contributed by atoms with Crippen LogP contribution in [0.5, 0.6) is 0 Å². The molecule has 2 saturated heterocycles. The molecule has 3 rings (SSSR count). The lowest BCUT2D eigenvalue weighted by molar-refractivity contribution is 0.173. The van der Waals surface area contributed by atoms with Crippen molar-refractivity contribution in [2.45, 2.75) is 44.7 Å². The molecule has 0 saturated carbocycles. The standard InChI is InChI=1S/C18H27N3OS/c1-14(2)13-20-10-7-15(8-11-20)19-18(22)21-9-3-5-16(21)17-6-4-12-23-17/h4,6,12,15-16H,1,3,5,7-11,13H2,2H3,(H,19,22). The van der Waals surface area contributed by atoms with Crippen LogP contribution in [-0.2, 0) is 0 Å². The monoisotopic (exact) mass is 333 g/mol. The van der Waals surface area contributed by atoms with Crippen LogP contribution in [0.15, 0.2) is 29.7 Å². The van der Waals surface area contributed by atoms with E-state index in [0.717, 1.165) is 51.9 Å². The number of piperidine rings is 1. The molecule has 2 aliphatic heterocycles. The summed E-state index contributed by atoms with van der Waals surface area (Å²) in [6.07, 6.45) is 4.27. The molecule has 1 unspecified atom stereocenters. The Morgan fingerprint density at radius 3 is 2.78 bits per heavy atom. The third kappa shape index (κ3) is 4.15. The summed E-state index contributed by atoms with van der Waals surface area (Å²) in [6.45, 7) is 10.0. The maximum atomic E-state index is 12.7. The van der Waals surface area contributed by atoms with E-state index in [1.54, 1.807) is 11.3 Å². The molecule has 0 aliphatic carbocycles. The van der Waals surface area contributed by atoms with E-state index in [2.05, 4.69) is 41.2 Å². The van der Waals surface area contributed by atoms with Gasteiger partial charge in [0.05, 0.1) is 6.04 Å². The smallest absolute Gasteiger partial charge is 0.318 e. The maximum Gasteiger partial charge on any atom is 0.318 e. The SMILES string of the molecule is C=C(C)CN1CCC(NC(=O)N2CCCC2c2cccs2)CC1.